The zero-order valence-electron chi connectivity index (χ0n) is 11.5. The topological polar surface area (TPSA) is 41.5 Å². The highest BCUT2D eigenvalue weighted by atomic mass is 35.5. The van der Waals surface area contributed by atoms with Crippen LogP contribution in [0.15, 0.2) is 12.1 Å². The van der Waals surface area contributed by atoms with Crippen LogP contribution in [0.4, 0.5) is 0 Å². The largest absolute Gasteiger partial charge is 0.496 e. The predicted molar refractivity (Wildman–Crippen MR) is 75.5 cm³/mol. The number of ether oxygens (including phenoxy) is 1. The third-order valence-electron chi connectivity index (χ3n) is 2.84. The van der Waals surface area contributed by atoms with E-state index < -0.39 is 6.10 Å². The molecule has 0 saturated heterocycles. The Morgan fingerprint density at radius 3 is 2.61 bits per heavy atom. The first-order valence-corrected chi connectivity index (χ1v) is 6.59. The minimum atomic E-state index is -0.565. The molecule has 4 heteroatoms. The molecule has 3 nitrogen and oxygen atoms in total. The average Bonchev–Trinajstić information content (AvgIpc) is 2.31. The molecule has 1 aromatic rings. The Balaban J connectivity index is 2.77. The minimum Gasteiger partial charge on any atom is -0.496 e. The summed E-state index contributed by atoms with van der Waals surface area (Å²) in [6.07, 6.45) is 0.0674. The fourth-order valence-electron chi connectivity index (χ4n) is 1.77. The zero-order chi connectivity index (χ0) is 13.7. The maximum Gasteiger partial charge on any atom is 0.125 e. The van der Waals surface area contributed by atoms with Crippen LogP contribution >= 0.6 is 11.6 Å². The van der Waals surface area contributed by atoms with E-state index in [4.69, 9.17) is 16.3 Å². The number of benzene rings is 1. The molecule has 2 N–H and O–H groups in total. The molecule has 1 unspecified atom stereocenters. The lowest BCUT2D eigenvalue weighted by molar-refractivity contribution is 0.162. The van der Waals surface area contributed by atoms with E-state index in [-0.39, 0.29) is 0 Å². The molecule has 0 bridgehead atoms. The van der Waals surface area contributed by atoms with Crippen molar-refractivity contribution in [3.05, 3.63) is 28.3 Å². The van der Waals surface area contributed by atoms with Crippen LogP contribution in [0.2, 0.25) is 5.02 Å². The number of methoxy groups -OCH3 is 1. The number of halogens is 1. The molecule has 0 radical (unpaired) electrons. The molecule has 102 valence electrons. The molecule has 0 fully saturated rings. The Kier molecular flexibility index (Phi) is 5.93. The van der Waals surface area contributed by atoms with Gasteiger partial charge in [0.1, 0.15) is 5.75 Å². The number of rotatable bonds is 6. The fourth-order valence-corrected chi connectivity index (χ4v) is 1.94. The lowest BCUT2D eigenvalue weighted by Gasteiger charge is -2.17. The summed E-state index contributed by atoms with van der Waals surface area (Å²) in [5.74, 6) is 0.689. The fraction of sp³-hybridized carbons (Fsp3) is 0.571. The Hall–Kier alpha value is -0.770. The van der Waals surface area contributed by atoms with Crippen molar-refractivity contribution < 1.29 is 9.84 Å². The van der Waals surface area contributed by atoms with Crippen LogP contribution in [0, 0.1) is 6.92 Å². The van der Waals surface area contributed by atoms with Crippen molar-refractivity contribution in [1.29, 1.82) is 0 Å². The van der Waals surface area contributed by atoms with Gasteiger partial charge < -0.3 is 15.2 Å². The van der Waals surface area contributed by atoms with E-state index >= 15 is 0 Å². The van der Waals surface area contributed by atoms with Gasteiger partial charge in [-0.15, -0.1) is 0 Å². The summed E-state index contributed by atoms with van der Waals surface area (Å²) in [5.41, 5.74) is 1.70. The summed E-state index contributed by atoms with van der Waals surface area (Å²) >= 11 is 6.09. The second-order valence-electron chi connectivity index (χ2n) is 4.76. The maximum absolute atomic E-state index is 10.2. The normalized spacial score (nSPS) is 12.8. The van der Waals surface area contributed by atoms with Gasteiger partial charge in [0.25, 0.3) is 0 Å². The van der Waals surface area contributed by atoms with Gasteiger partial charge in [-0.05, 0) is 37.6 Å². The number of aliphatic hydroxyl groups is 1. The molecule has 0 saturated carbocycles. The van der Waals surface area contributed by atoms with Crippen molar-refractivity contribution in [3.8, 4) is 5.75 Å². The Labute approximate surface area is 114 Å². The quantitative estimate of drug-likeness (QED) is 0.835. The molecule has 1 aromatic carbocycles. The molecule has 0 aliphatic carbocycles. The molecule has 1 rings (SSSR count). The van der Waals surface area contributed by atoms with Gasteiger partial charge in [0.05, 0.1) is 13.2 Å². The second-order valence-corrected chi connectivity index (χ2v) is 5.16. The number of nitrogens with one attached hydrogen (secondary N) is 1. The van der Waals surface area contributed by atoms with Crippen molar-refractivity contribution in [2.75, 3.05) is 13.7 Å². The van der Waals surface area contributed by atoms with Crippen molar-refractivity contribution >= 4 is 11.6 Å². The maximum atomic E-state index is 10.2. The van der Waals surface area contributed by atoms with Gasteiger partial charge in [0.15, 0.2) is 0 Å². The molecule has 0 aliphatic rings. The summed E-state index contributed by atoms with van der Waals surface area (Å²) in [7, 11) is 1.60. The highest BCUT2D eigenvalue weighted by Gasteiger charge is 2.15. The highest BCUT2D eigenvalue weighted by Crippen LogP contribution is 2.32. The van der Waals surface area contributed by atoms with Crippen LogP contribution in [0.5, 0.6) is 5.75 Å². The molecular formula is C14H22ClNO2. The van der Waals surface area contributed by atoms with Crippen LogP contribution in [0.1, 0.15) is 37.5 Å². The predicted octanol–water partition coefficient (Wildman–Crippen LogP) is 3.08. The van der Waals surface area contributed by atoms with Gasteiger partial charge in [-0.3, -0.25) is 0 Å². The van der Waals surface area contributed by atoms with Crippen LogP contribution in [-0.2, 0) is 0 Å². The third kappa shape index (κ3) is 4.16. The lowest BCUT2D eigenvalue weighted by Crippen LogP contribution is -2.25. The van der Waals surface area contributed by atoms with Gasteiger partial charge in [-0.25, -0.2) is 0 Å². The first-order chi connectivity index (χ1) is 8.45. The van der Waals surface area contributed by atoms with E-state index in [0.717, 1.165) is 17.7 Å². The Morgan fingerprint density at radius 1 is 1.39 bits per heavy atom. The zero-order valence-corrected chi connectivity index (χ0v) is 12.2. The first kappa shape index (κ1) is 15.3. The number of hydrogen-bond acceptors (Lipinski definition) is 3. The number of aliphatic hydroxyl groups excluding tert-OH is 1. The first-order valence-electron chi connectivity index (χ1n) is 6.21. The molecule has 18 heavy (non-hydrogen) atoms. The van der Waals surface area contributed by atoms with E-state index in [1.165, 1.54) is 0 Å². The van der Waals surface area contributed by atoms with Crippen LogP contribution < -0.4 is 10.1 Å². The van der Waals surface area contributed by atoms with Crippen LogP contribution in [0.3, 0.4) is 0 Å². The van der Waals surface area contributed by atoms with E-state index in [2.05, 4.69) is 19.2 Å². The second kappa shape index (κ2) is 6.98. The smallest absolute Gasteiger partial charge is 0.125 e. The summed E-state index contributed by atoms with van der Waals surface area (Å²) < 4.78 is 5.29. The summed E-state index contributed by atoms with van der Waals surface area (Å²) in [4.78, 5) is 0. The van der Waals surface area contributed by atoms with Crippen molar-refractivity contribution in [3.63, 3.8) is 0 Å². The molecule has 0 amide bonds. The summed E-state index contributed by atoms with van der Waals surface area (Å²) in [6, 6.07) is 4.06. The van der Waals surface area contributed by atoms with E-state index in [9.17, 15) is 5.11 Å². The summed E-state index contributed by atoms with van der Waals surface area (Å²) in [5, 5.41) is 14.1. The minimum absolute atomic E-state index is 0.417. The molecule has 0 aromatic heterocycles. The van der Waals surface area contributed by atoms with Crippen molar-refractivity contribution in [2.45, 2.75) is 39.3 Å². The summed E-state index contributed by atoms with van der Waals surface area (Å²) in [6.45, 7) is 6.83. The third-order valence-corrected chi connectivity index (χ3v) is 3.25. The van der Waals surface area contributed by atoms with Crippen molar-refractivity contribution in [1.82, 2.24) is 5.32 Å². The van der Waals surface area contributed by atoms with Gasteiger partial charge in [0.2, 0.25) is 0 Å². The monoisotopic (exact) mass is 271 g/mol. The van der Waals surface area contributed by atoms with E-state index in [1.54, 1.807) is 13.2 Å². The SMILES string of the molecule is COc1cc(C)c(Cl)cc1C(O)CCNC(C)C. The molecule has 0 aliphatic heterocycles. The molecular weight excluding hydrogens is 250 g/mol. The lowest BCUT2D eigenvalue weighted by atomic mass is 10.0. The van der Waals surface area contributed by atoms with Gasteiger partial charge in [0, 0.05) is 16.6 Å². The van der Waals surface area contributed by atoms with E-state index in [0.29, 0.717) is 23.2 Å². The Bertz CT molecular complexity index is 394. The standard InChI is InChI=1S/C14H22ClNO2/c1-9(2)16-6-5-13(17)11-8-12(15)10(3)7-14(11)18-4/h7-9,13,16-17H,5-6H2,1-4H3. The highest BCUT2D eigenvalue weighted by molar-refractivity contribution is 6.31. The molecule has 0 spiro atoms. The number of aryl methyl sites for hydroxylation is 1. The van der Waals surface area contributed by atoms with Gasteiger partial charge in [-0.1, -0.05) is 25.4 Å². The Morgan fingerprint density at radius 2 is 2.06 bits per heavy atom. The van der Waals surface area contributed by atoms with E-state index in [1.807, 2.05) is 13.0 Å². The molecule has 1 atom stereocenters. The van der Waals surface area contributed by atoms with Crippen molar-refractivity contribution in [2.24, 2.45) is 0 Å². The molecule has 0 heterocycles. The van der Waals surface area contributed by atoms with Crippen LogP contribution in [0.25, 0.3) is 0 Å². The van der Waals surface area contributed by atoms with Gasteiger partial charge >= 0.3 is 0 Å². The van der Waals surface area contributed by atoms with Gasteiger partial charge in [-0.2, -0.15) is 0 Å². The number of hydrogen-bond donors (Lipinski definition) is 2. The van der Waals surface area contributed by atoms with Crippen LogP contribution in [-0.4, -0.2) is 24.8 Å². The average molecular weight is 272 g/mol.